The van der Waals surface area contributed by atoms with E-state index in [1.807, 2.05) is 30.5 Å². The van der Waals surface area contributed by atoms with Crippen LogP contribution in [0.1, 0.15) is 5.56 Å². The van der Waals surface area contributed by atoms with Crippen LogP contribution in [-0.4, -0.2) is 16.3 Å². The zero-order valence-electron chi connectivity index (χ0n) is 8.79. The van der Waals surface area contributed by atoms with Gasteiger partial charge in [0.1, 0.15) is 0 Å². The van der Waals surface area contributed by atoms with Crippen LogP contribution < -0.4 is 0 Å². The zero-order chi connectivity index (χ0) is 11.8. The van der Waals surface area contributed by atoms with Crippen LogP contribution in [0.3, 0.4) is 0 Å². The van der Waals surface area contributed by atoms with E-state index in [1.54, 1.807) is 12.4 Å². The predicted octanol–water partition coefficient (Wildman–Crippen LogP) is 2.01. The molecule has 0 atom stereocenters. The second-order valence-corrected chi connectivity index (χ2v) is 3.74. The average Bonchev–Trinajstić information content (AvgIpc) is 2.35. The van der Waals surface area contributed by atoms with Gasteiger partial charge in [-0.25, -0.2) is 0 Å². The van der Waals surface area contributed by atoms with Gasteiger partial charge in [-0.1, -0.05) is 6.07 Å². The van der Waals surface area contributed by atoms with Gasteiger partial charge in [0.05, 0.1) is 23.7 Å². The largest absolute Gasteiger partial charge is 0.276 e. The first-order valence-corrected chi connectivity index (χ1v) is 5.80. The molecule has 0 aliphatic heterocycles. The van der Waals surface area contributed by atoms with Crippen LogP contribution in [0.15, 0.2) is 29.5 Å². The minimum Gasteiger partial charge on any atom is -0.276 e. The molecule has 16 heavy (non-hydrogen) atoms. The van der Waals surface area contributed by atoms with E-state index in [0.29, 0.717) is 11.6 Å². The number of aromatic nitrogens is 1. The summed E-state index contributed by atoms with van der Waals surface area (Å²) in [6, 6.07) is 7.56. The molecular formula is C11H10N4S. The predicted molar refractivity (Wildman–Crippen MR) is 63.6 cm³/mol. The van der Waals surface area contributed by atoms with Crippen LogP contribution >= 0.6 is 11.8 Å². The van der Waals surface area contributed by atoms with Gasteiger partial charge in [-0.05, 0) is 17.9 Å². The first-order chi connectivity index (χ1) is 7.81. The van der Waals surface area contributed by atoms with E-state index in [2.05, 4.69) is 9.98 Å². The van der Waals surface area contributed by atoms with Gasteiger partial charge >= 0.3 is 0 Å². The van der Waals surface area contributed by atoms with Gasteiger partial charge in [0.15, 0.2) is 5.92 Å². The lowest BCUT2D eigenvalue weighted by molar-refractivity contribution is 1.03. The molecule has 4 nitrogen and oxygen atoms in total. The molecule has 0 saturated carbocycles. The molecular weight excluding hydrogens is 220 g/mol. The highest BCUT2D eigenvalue weighted by Gasteiger charge is 2.12. The molecule has 5 heteroatoms. The van der Waals surface area contributed by atoms with Crippen LogP contribution in [-0.2, 0) is 6.54 Å². The molecule has 0 N–H and O–H groups in total. The molecule has 0 unspecified atom stereocenters. The van der Waals surface area contributed by atoms with E-state index in [0.717, 1.165) is 5.56 Å². The molecule has 1 heterocycles. The summed E-state index contributed by atoms with van der Waals surface area (Å²) in [5.74, 6) is -0.772. The number of rotatable bonds is 3. The molecule has 0 saturated heterocycles. The summed E-state index contributed by atoms with van der Waals surface area (Å²) in [5, 5.41) is 18.0. The number of nitrogens with zero attached hydrogens (tertiary/aromatic N) is 4. The van der Waals surface area contributed by atoms with Gasteiger partial charge in [0, 0.05) is 12.4 Å². The third kappa shape index (κ3) is 3.38. The Morgan fingerprint density at radius 3 is 2.81 bits per heavy atom. The molecule has 0 radical (unpaired) electrons. The topological polar surface area (TPSA) is 72.8 Å². The number of hydrogen-bond donors (Lipinski definition) is 0. The number of pyridine rings is 1. The molecule has 1 aromatic heterocycles. The second-order valence-electron chi connectivity index (χ2n) is 2.91. The number of nitriles is 2. The average molecular weight is 230 g/mol. The Morgan fingerprint density at radius 2 is 2.31 bits per heavy atom. The van der Waals surface area contributed by atoms with Crippen molar-refractivity contribution in [3.63, 3.8) is 0 Å². The minimum absolute atomic E-state index is 0.448. The lowest BCUT2D eigenvalue weighted by Gasteiger charge is -2.02. The molecule has 0 spiro atoms. The van der Waals surface area contributed by atoms with E-state index in [4.69, 9.17) is 10.5 Å². The standard InChI is InChI=1S/C11H10N4S/c1-16-11(10(5-12)6-13)15-8-9-3-2-4-14-7-9/h2-4,7,10H,8H2,1H3. The van der Waals surface area contributed by atoms with Crippen molar-refractivity contribution < 1.29 is 0 Å². The summed E-state index contributed by atoms with van der Waals surface area (Å²) in [4.78, 5) is 8.22. The van der Waals surface area contributed by atoms with Crippen LogP contribution in [0.4, 0.5) is 0 Å². The highest BCUT2D eigenvalue weighted by atomic mass is 32.2. The van der Waals surface area contributed by atoms with Gasteiger partial charge in [-0.2, -0.15) is 10.5 Å². The maximum absolute atomic E-state index is 8.75. The van der Waals surface area contributed by atoms with E-state index >= 15 is 0 Å². The highest BCUT2D eigenvalue weighted by molar-refractivity contribution is 8.13. The van der Waals surface area contributed by atoms with Crippen LogP contribution in [0.25, 0.3) is 0 Å². The monoisotopic (exact) mass is 230 g/mol. The first-order valence-electron chi connectivity index (χ1n) is 4.58. The lowest BCUT2D eigenvalue weighted by atomic mass is 10.2. The second kappa shape index (κ2) is 6.60. The quantitative estimate of drug-likeness (QED) is 0.588. The summed E-state index contributed by atoms with van der Waals surface area (Å²) in [6.07, 6.45) is 5.22. The van der Waals surface area contributed by atoms with Crippen LogP contribution in [0.5, 0.6) is 0 Å². The minimum atomic E-state index is -0.772. The van der Waals surface area contributed by atoms with E-state index in [-0.39, 0.29) is 0 Å². The van der Waals surface area contributed by atoms with Crippen molar-refractivity contribution in [2.45, 2.75) is 6.54 Å². The SMILES string of the molecule is CSC(=NCc1cccnc1)C(C#N)C#N. The first kappa shape index (κ1) is 12.2. The maximum Gasteiger partial charge on any atom is 0.180 e. The van der Waals surface area contributed by atoms with Crippen LogP contribution in [0, 0.1) is 28.6 Å². The van der Waals surface area contributed by atoms with Crippen molar-refractivity contribution in [1.29, 1.82) is 10.5 Å². The van der Waals surface area contributed by atoms with Crippen molar-refractivity contribution in [2.24, 2.45) is 10.9 Å². The van der Waals surface area contributed by atoms with Gasteiger partial charge < -0.3 is 0 Å². The fourth-order valence-corrected chi connectivity index (χ4v) is 1.61. The Labute approximate surface area is 98.6 Å². The highest BCUT2D eigenvalue weighted by Crippen LogP contribution is 2.11. The van der Waals surface area contributed by atoms with Crippen LogP contribution in [0.2, 0.25) is 0 Å². The fourth-order valence-electron chi connectivity index (χ4n) is 1.07. The molecule has 0 aliphatic rings. The van der Waals surface area contributed by atoms with E-state index < -0.39 is 5.92 Å². The summed E-state index contributed by atoms with van der Waals surface area (Å²) in [5.41, 5.74) is 0.962. The van der Waals surface area contributed by atoms with Crippen molar-refractivity contribution in [1.82, 2.24) is 4.98 Å². The smallest absolute Gasteiger partial charge is 0.180 e. The van der Waals surface area contributed by atoms with Gasteiger partial charge in [0.25, 0.3) is 0 Å². The maximum atomic E-state index is 8.75. The normalized spacial score (nSPS) is 10.9. The van der Waals surface area contributed by atoms with Crippen molar-refractivity contribution >= 4 is 16.8 Å². The molecule has 0 aromatic carbocycles. The van der Waals surface area contributed by atoms with Crippen molar-refractivity contribution in [2.75, 3.05) is 6.26 Å². The number of aliphatic imine (C=N–C) groups is 1. The van der Waals surface area contributed by atoms with E-state index in [1.165, 1.54) is 11.8 Å². The van der Waals surface area contributed by atoms with Crippen molar-refractivity contribution in [3.05, 3.63) is 30.1 Å². The Kier molecular flexibility index (Phi) is 5.04. The Balaban J connectivity index is 2.76. The van der Waals surface area contributed by atoms with Gasteiger partial charge in [-0.3, -0.25) is 9.98 Å². The molecule has 1 aromatic rings. The Hall–Kier alpha value is -1.85. The third-order valence-corrected chi connectivity index (χ3v) is 2.64. The lowest BCUT2D eigenvalue weighted by Crippen LogP contribution is -2.06. The molecule has 0 bridgehead atoms. The van der Waals surface area contributed by atoms with Gasteiger partial charge in [0.2, 0.25) is 0 Å². The van der Waals surface area contributed by atoms with Crippen molar-refractivity contribution in [3.8, 4) is 12.1 Å². The molecule has 0 fully saturated rings. The number of hydrogen-bond acceptors (Lipinski definition) is 5. The van der Waals surface area contributed by atoms with Gasteiger partial charge in [-0.15, -0.1) is 11.8 Å². The van der Waals surface area contributed by atoms with E-state index in [9.17, 15) is 0 Å². The molecule has 0 aliphatic carbocycles. The fraction of sp³-hybridized carbons (Fsp3) is 0.273. The summed E-state index contributed by atoms with van der Waals surface area (Å²) >= 11 is 1.33. The zero-order valence-corrected chi connectivity index (χ0v) is 9.61. The molecule has 80 valence electrons. The summed E-state index contributed by atoms with van der Waals surface area (Å²) in [7, 11) is 0. The summed E-state index contributed by atoms with van der Waals surface area (Å²) in [6.45, 7) is 0.448. The third-order valence-electron chi connectivity index (χ3n) is 1.85. The summed E-state index contributed by atoms with van der Waals surface area (Å²) < 4.78 is 0. The molecule has 1 rings (SSSR count). The Bertz CT molecular complexity index is 427. The molecule has 0 amide bonds. The number of thioether (sulfide) groups is 1. The Morgan fingerprint density at radius 1 is 1.56 bits per heavy atom.